The number of hydrogen-bond donors (Lipinski definition) is 0. The first kappa shape index (κ1) is 17.7. The van der Waals surface area contributed by atoms with E-state index in [-0.39, 0.29) is 16.6 Å². The van der Waals surface area contributed by atoms with Crippen LogP contribution in [0.15, 0.2) is 54.9 Å². The molecule has 1 saturated heterocycles. The zero-order valence-electron chi connectivity index (χ0n) is 13.4. The van der Waals surface area contributed by atoms with E-state index in [2.05, 4.69) is 9.82 Å². The van der Waals surface area contributed by atoms with Gasteiger partial charge in [-0.2, -0.15) is 0 Å². The molecule has 0 spiro atoms. The molecule has 1 aromatic heterocycles. The molecular weight excluding hydrogens is 400 g/mol. The van der Waals surface area contributed by atoms with E-state index in [0.717, 1.165) is 0 Å². The van der Waals surface area contributed by atoms with Crippen molar-refractivity contribution in [2.45, 2.75) is 11.8 Å². The van der Waals surface area contributed by atoms with E-state index in [1.807, 2.05) is 0 Å². The Hall–Kier alpha value is -2.68. The van der Waals surface area contributed by atoms with Gasteiger partial charge in [0.15, 0.2) is 11.8 Å². The second-order valence-corrected chi connectivity index (χ2v) is 6.59. The first-order valence-corrected chi connectivity index (χ1v) is 8.42. The van der Waals surface area contributed by atoms with E-state index in [0.29, 0.717) is 10.6 Å². The average Bonchev–Trinajstić information content (AvgIpc) is 3.17. The van der Waals surface area contributed by atoms with Crippen molar-refractivity contribution in [2.75, 3.05) is 0 Å². The summed E-state index contributed by atoms with van der Waals surface area (Å²) in [7, 11) is 0. The van der Waals surface area contributed by atoms with Gasteiger partial charge in [0.05, 0.1) is 5.02 Å². The molecule has 2 heterocycles. The smallest absolute Gasteiger partial charge is 0.302 e. The molecule has 0 aliphatic carbocycles. The lowest BCUT2D eigenvalue weighted by Crippen LogP contribution is -2.18. The van der Waals surface area contributed by atoms with E-state index in [1.165, 1.54) is 29.1 Å². The zero-order valence-corrected chi connectivity index (χ0v) is 14.9. The quantitative estimate of drug-likeness (QED) is 0.354. The van der Waals surface area contributed by atoms with Gasteiger partial charge in [0.1, 0.15) is 5.82 Å². The number of ether oxygens (including phenoxy) is 1. The van der Waals surface area contributed by atoms with Gasteiger partial charge in [-0.05, 0) is 29.8 Å². The molecule has 7 nitrogen and oxygen atoms in total. The minimum atomic E-state index is -1.32. The Morgan fingerprint density at radius 1 is 1.26 bits per heavy atom. The molecule has 1 aliphatic rings. The lowest BCUT2D eigenvalue weighted by molar-refractivity contribution is -0.713. The third kappa shape index (κ3) is 2.91. The van der Waals surface area contributed by atoms with Crippen LogP contribution >= 0.6 is 23.2 Å². The molecule has 0 saturated carbocycles. The molecule has 138 valence electrons. The first-order valence-electron chi connectivity index (χ1n) is 7.67. The van der Waals surface area contributed by atoms with E-state index in [1.54, 1.807) is 30.3 Å². The van der Waals surface area contributed by atoms with E-state index in [9.17, 15) is 14.5 Å². The van der Waals surface area contributed by atoms with Gasteiger partial charge in [-0.3, -0.25) is 4.57 Å². The summed E-state index contributed by atoms with van der Waals surface area (Å²) < 4.78 is 21.9. The van der Waals surface area contributed by atoms with Crippen molar-refractivity contribution in [2.24, 2.45) is 0 Å². The van der Waals surface area contributed by atoms with Gasteiger partial charge in [-0.25, -0.2) is 14.2 Å². The fourth-order valence-electron chi connectivity index (χ4n) is 3.10. The van der Waals surface area contributed by atoms with Gasteiger partial charge in [0, 0.05) is 23.0 Å². The zero-order chi connectivity index (χ0) is 19.2. The summed E-state index contributed by atoms with van der Waals surface area (Å²) in [4.78, 5) is 19.0. The Labute approximate surface area is 162 Å². The number of rotatable bonds is 5. The van der Waals surface area contributed by atoms with Crippen LogP contribution in [0.4, 0.5) is 4.39 Å². The Morgan fingerprint density at radius 2 is 2.00 bits per heavy atom. The largest absolute Gasteiger partial charge is 0.333 e. The van der Waals surface area contributed by atoms with E-state index in [4.69, 9.17) is 27.9 Å². The Kier molecular flexibility index (Phi) is 4.26. The molecule has 0 amide bonds. The van der Waals surface area contributed by atoms with E-state index < -0.39 is 22.7 Å². The molecule has 0 N–H and O–H groups in total. The van der Waals surface area contributed by atoms with Crippen LogP contribution < -0.4 is 4.84 Å². The third-order valence-corrected chi connectivity index (χ3v) is 4.80. The highest BCUT2D eigenvalue weighted by atomic mass is 35.5. The van der Waals surface area contributed by atoms with Crippen molar-refractivity contribution in [1.29, 1.82) is 0 Å². The first-order chi connectivity index (χ1) is 12.9. The fraction of sp³-hybridized carbons (Fsp3) is 0.118. The average molecular weight is 410 g/mol. The van der Waals surface area contributed by atoms with Crippen LogP contribution in [0, 0.1) is 15.9 Å². The predicted molar refractivity (Wildman–Crippen MR) is 93.6 cm³/mol. The number of aromatic nitrogens is 2. The molecule has 1 aliphatic heterocycles. The molecule has 3 aromatic rings. The van der Waals surface area contributed by atoms with Crippen molar-refractivity contribution >= 4 is 23.2 Å². The highest BCUT2D eigenvalue weighted by Gasteiger charge is 2.63. The van der Waals surface area contributed by atoms with Crippen molar-refractivity contribution in [3.05, 3.63) is 92.0 Å². The molecule has 10 heteroatoms. The molecule has 27 heavy (non-hydrogen) atoms. The van der Waals surface area contributed by atoms with E-state index >= 15 is 0 Å². The number of hydrogen-bond acceptors (Lipinski definition) is 5. The highest BCUT2D eigenvalue weighted by Crippen LogP contribution is 2.61. The molecule has 4 rings (SSSR count). The summed E-state index contributed by atoms with van der Waals surface area (Å²) in [5.74, 6) is -0.572. The Bertz CT molecular complexity index is 1010. The number of halogens is 3. The summed E-state index contributed by atoms with van der Waals surface area (Å²) in [5.41, 5.74) is -0.632. The summed E-state index contributed by atoms with van der Waals surface area (Å²) in [6.45, 7) is 0. The molecule has 1 fully saturated rings. The summed E-state index contributed by atoms with van der Waals surface area (Å²) >= 11 is 12.2. The monoisotopic (exact) mass is 409 g/mol. The highest BCUT2D eigenvalue weighted by molar-refractivity contribution is 6.31. The van der Waals surface area contributed by atoms with Gasteiger partial charge in [-0.1, -0.05) is 41.4 Å². The summed E-state index contributed by atoms with van der Waals surface area (Å²) in [6, 6.07) is 10.6. The number of imidazole rings is 1. The predicted octanol–water partition coefficient (Wildman–Crippen LogP) is 4.37. The molecule has 2 unspecified atom stereocenters. The van der Waals surface area contributed by atoms with Gasteiger partial charge in [-0.15, -0.1) is 10.1 Å². The maximum absolute atomic E-state index is 14.7. The normalized spacial score (nSPS) is 21.1. The van der Waals surface area contributed by atoms with Crippen molar-refractivity contribution in [3.63, 3.8) is 0 Å². The van der Waals surface area contributed by atoms with Crippen LogP contribution in [-0.4, -0.2) is 14.6 Å². The van der Waals surface area contributed by atoms with Gasteiger partial charge in [0.2, 0.25) is 0 Å². The van der Waals surface area contributed by atoms with Gasteiger partial charge in [0.25, 0.3) is 6.01 Å². The molecular formula is C17H10Cl2FN3O4. The Morgan fingerprint density at radius 3 is 2.67 bits per heavy atom. The molecule has 2 atom stereocenters. The van der Waals surface area contributed by atoms with Crippen LogP contribution in [-0.2, 0) is 10.3 Å². The van der Waals surface area contributed by atoms with Crippen LogP contribution in [0.25, 0.3) is 0 Å². The van der Waals surface area contributed by atoms with Gasteiger partial charge < -0.3 is 4.74 Å². The topological polar surface area (TPSA) is 82.7 Å². The van der Waals surface area contributed by atoms with Crippen LogP contribution in [0.3, 0.4) is 0 Å². The van der Waals surface area contributed by atoms with Crippen molar-refractivity contribution in [3.8, 4) is 6.01 Å². The second-order valence-electron chi connectivity index (χ2n) is 5.74. The van der Waals surface area contributed by atoms with Crippen LogP contribution in [0.2, 0.25) is 10.0 Å². The standard InChI is InChI=1S/C17H10Cl2FN3O4/c18-11-6-4-10(5-7-11)17(14-12(19)2-1-3-13(14)20)15(26-17)22-9-8-21-16(22)27-23(24)25/h1-9,15H. The van der Waals surface area contributed by atoms with Crippen LogP contribution in [0.1, 0.15) is 17.4 Å². The second kappa shape index (κ2) is 6.49. The Balaban J connectivity index is 1.87. The minimum Gasteiger partial charge on any atom is -0.333 e. The summed E-state index contributed by atoms with van der Waals surface area (Å²) in [6.07, 6.45) is 1.90. The third-order valence-electron chi connectivity index (χ3n) is 4.24. The molecule has 2 aromatic carbocycles. The minimum absolute atomic E-state index is 0.111. The number of benzene rings is 2. The maximum Gasteiger partial charge on any atom is 0.302 e. The summed E-state index contributed by atoms with van der Waals surface area (Å²) in [5, 5.41) is 10.4. The number of epoxide rings is 1. The SMILES string of the molecule is O=[N+]([O-])Oc1nccn1C1OC1(c1ccc(Cl)cc1)c1c(F)cccc1Cl. The number of nitrogens with zero attached hydrogens (tertiary/aromatic N) is 3. The molecule has 0 radical (unpaired) electrons. The maximum atomic E-state index is 14.7. The van der Waals surface area contributed by atoms with Crippen molar-refractivity contribution in [1.82, 2.24) is 9.55 Å². The fourth-order valence-corrected chi connectivity index (χ4v) is 3.53. The lowest BCUT2D eigenvalue weighted by Gasteiger charge is -2.17. The van der Waals surface area contributed by atoms with Crippen LogP contribution in [0.5, 0.6) is 6.01 Å². The molecule has 0 bridgehead atoms. The van der Waals surface area contributed by atoms with Crippen molar-refractivity contribution < 1.29 is 19.1 Å². The van der Waals surface area contributed by atoms with Gasteiger partial charge >= 0.3 is 5.09 Å². The lowest BCUT2D eigenvalue weighted by atomic mass is 9.89.